The average molecular weight is 372 g/mol. The van der Waals surface area contributed by atoms with Crippen molar-refractivity contribution in [2.24, 2.45) is 7.05 Å². The molecule has 0 fully saturated rings. The molecule has 0 saturated heterocycles. The van der Waals surface area contributed by atoms with Gasteiger partial charge in [0.2, 0.25) is 11.2 Å². The number of para-hydroxylation sites is 1. The first-order valence-corrected chi connectivity index (χ1v) is 9.62. The van der Waals surface area contributed by atoms with Crippen LogP contribution in [0.4, 0.5) is 5.69 Å². The van der Waals surface area contributed by atoms with Crippen molar-refractivity contribution >= 4 is 22.7 Å². The number of aryl methyl sites for hydroxylation is 1. The van der Waals surface area contributed by atoms with Crippen LogP contribution in [0.15, 0.2) is 72.4 Å². The lowest BCUT2D eigenvalue weighted by Gasteiger charge is -2.23. The molecule has 0 N–H and O–H groups in total. The van der Waals surface area contributed by atoms with E-state index in [9.17, 15) is 0 Å². The molecule has 3 heteroatoms. The number of nitrogens with zero attached hydrogens (tertiary/aromatic N) is 2. The second-order valence-electron chi connectivity index (χ2n) is 7.85. The molecule has 4 rings (SSSR count). The standard InChI is InChI=1S/C25H27N2O/c1-25(2)21-10-6-7-11-23(21)27(4)24(25)12-8-9-19-14-13-18-17-20(28-5)15-16-22(18)26(19)3/h6-17H,1-5H3/q+1. The number of aromatic nitrogens is 1. The van der Waals surface area contributed by atoms with Gasteiger partial charge in [0.15, 0.2) is 0 Å². The fraction of sp³-hybridized carbons (Fsp3) is 0.240. The SMILES string of the molecule is COc1ccc2c(ccc(C=CC=C3N(C)c4ccccc4C3(C)C)[n+]2C)c1. The Hall–Kier alpha value is -3.07. The van der Waals surface area contributed by atoms with E-state index in [0.29, 0.717) is 0 Å². The maximum Gasteiger partial charge on any atom is 0.212 e. The molecule has 0 saturated carbocycles. The van der Waals surface area contributed by atoms with Gasteiger partial charge in [-0.05, 0) is 35.9 Å². The summed E-state index contributed by atoms with van der Waals surface area (Å²) in [6, 6.07) is 19.1. The minimum atomic E-state index is -0.00217. The first-order valence-electron chi connectivity index (χ1n) is 9.62. The van der Waals surface area contributed by atoms with Gasteiger partial charge in [-0.15, -0.1) is 0 Å². The first-order chi connectivity index (χ1) is 13.4. The van der Waals surface area contributed by atoms with E-state index in [2.05, 4.69) is 104 Å². The quantitative estimate of drug-likeness (QED) is 0.603. The summed E-state index contributed by atoms with van der Waals surface area (Å²) in [7, 11) is 5.95. The van der Waals surface area contributed by atoms with Crippen LogP contribution in [0.5, 0.6) is 5.75 Å². The van der Waals surface area contributed by atoms with E-state index in [1.807, 2.05) is 6.07 Å². The van der Waals surface area contributed by atoms with Gasteiger partial charge in [0.05, 0.1) is 12.5 Å². The average Bonchev–Trinajstić information content (AvgIpc) is 2.90. The topological polar surface area (TPSA) is 16.4 Å². The smallest absolute Gasteiger partial charge is 0.212 e. The van der Waals surface area contributed by atoms with Crippen molar-refractivity contribution in [2.45, 2.75) is 19.3 Å². The zero-order valence-corrected chi connectivity index (χ0v) is 17.2. The van der Waals surface area contributed by atoms with Crippen molar-refractivity contribution in [1.82, 2.24) is 0 Å². The van der Waals surface area contributed by atoms with E-state index >= 15 is 0 Å². The summed E-state index contributed by atoms with van der Waals surface area (Å²) >= 11 is 0. The predicted molar refractivity (Wildman–Crippen MR) is 117 cm³/mol. The Labute approximate surface area is 167 Å². The van der Waals surface area contributed by atoms with E-state index in [-0.39, 0.29) is 5.41 Å². The largest absolute Gasteiger partial charge is 0.497 e. The second-order valence-corrected chi connectivity index (χ2v) is 7.85. The Morgan fingerprint density at radius 3 is 2.57 bits per heavy atom. The van der Waals surface area contributed by atoms with Crippen LogP contribution in [-0.4, -0.2) is 14.2 Å². The second kappa shape index (κ2) is 6.83. The number of pyridine rings is 1. The molecule has 0 bridgehead atoms. The van der Waals surface area contributed by atoms with Crippen LogP contribution in [0.3, 0.4) is 0 Å². The summed E-state index contributed by atoms with van der Waals surface area (Å²) in [6.07, 6.45) is 6.56. The highest BCUT2D eigenvalue weighted by atomic mass is 16.5. The van der Waals surface area contributed by atoms with E-state index in [1.54, 1.807) is 7.11 Å². The van der Waals surface area contributed by atoms with Gasteiger partial charge < -0.3 is 9.64 Å². The number of fused-ring (bicyclic) bond motifs is 2. The molecular weight excluding hydrogens is 344 g/mol. The normalized spacial score (nSPS) is 16.9. The summed E-state index contributed by atoms with van der Waals surface area (Å²) in [4.78, 5) is 2.30. The number of hydrogen-bond donors (Lipinski definition) is 0. The van der Waals surface area contributed by atoms with Gasteiger partial charge in [-0.3, -0.25) is 0 Å². The molecule has 0 spiro atoms. The molecule has 1 aliphatic heterocycles. The molecule has 0 unspecified atom stereocenters. The monoisotopic (exact) mass is 371 g/mol. The number of hydrogen-bond acceptors (Lipinski definition) is 2. The molecule has 1 aliphatic rings. The third-order valence-electron chi connectivity index (χ3n) is 5.88. The lowest BCUT2D eigenvalue weighted by molar-refractivity contribution is -0.646. The van der Waals surface area contributed by atoms with Gasteiger partial charge in [0, 0.05) is 42.1 Å². The third-order valence-corrected chi connectivity index (χ3v) is 5.88. The Morgan fingerprint density at radius 1 is 1.04 bits per heavy atom. The van der Waals surface area contributed by atoms with Crippen molar-refractivity contribution in [3.8, 4) is 5.75 Å². The molecule has 2 heterocycles. The highest BCUT2D eigenvalue weighted by Crippen LogP contribution is 2.46. The van der Waals surface area contributed by atoms with Crippen molar-refractivity contribution in [1.29, 1.82) is 0 Å². The number of anilines is 1. The minimum absolute atomic E-state index is 0.00217. The lowest BCUT2D eigenvalue weighted by atomic mass is 9.84. The molecule has 28 heavy (non-hydrogen) atoms. The maximum atomic E-state index is 5.33. The summed E-state index contributed by atoms with van der Waals surface area (Å²) in [5.41, 5.74) is 6.31. The number of allylic oxidation sites excluding steroid dienone is 3. The van der Waals surface area contributed by atoms with Crippen molar-refractivity contribution in [3.63, 3.8) is 0 Å². The maximum absolute atomic E-state index is 5.33. The number of ether oxygens (including phenoxy) is 1. The fourth-order valence-electron chi connectivity index (χ4n) is 4.23. The zero-order chi connectivity index (χ0) is 19.9. The predicted octanol–water partition coefficient (Wildman–Crippen LogP) is 5.00. The third kappa shape index (κ3) is 2.88. The first kappa shape index (κ1) is 18.3. The van der Waals surface area contributed by atoms with Crippen LogP contribution in [0.25, 0.3) is 17.0 Å². The summed E-state index contributed by atoms with van der Waals surface area (Å²) < 4.78 is 7.55. The number of methoxy groups -OCH3 is 1. The Balaban J connectivity index is 1.68. The minimum Gasteiger partial charge on any atom is -0.497 e. The van der Waals surface area contributed by atoms with Crippen LogP contribution in [0, 0.1) is 0 Å². The Kier molecular flexibility index (Phi) is 4.46. The van der Waals surface area contributed by atoms with Crippen molar-refractivity contribution in [3.05, 3.63) is 83.7 Å². The van der Waals surface area contributed by atoms with Gasteiger partial charge in [-0.1, -0.05) is 38.1 Å². The zero-order valence-electron chi connectivity index (χ0n) is 17.2. The van der Waals surface area contributed by atoms with E-state index in [0.717, 1.165) is 11.4 Å². The molecule has 1 aromatic heterocycles. The molecule has 3 nitrogen and oxygen atoms in total. The summed E-state index contributed by atoms with van der Waals surface area (Å²) in [5, 5.41) is 1.17. The fourth-order valence-corrected chi connectivity index (χ4v) is 4.23. The molecular formula is C25H27N2O+. The van der Waals surface area contributed by atoms with Gasteiger partial charge >= 0.3 is 0 Å². The molecule has 0 radical (unpaired) electrons. The van der Waals surface area contributed by atoms with E-state index in [4.69, 9.17) is 4.74 Å². The Bertz CT molecular complexity index is 1110. The van der Waals surface area contributed by atoms with Crippen LogP contribution in [0.2, 0.25) is 0 Å². The van der Waals surface area contributed by atoms with Crippen LogP contribution in [-0.2, 0) is 12.5 Å². The van der Waals surface area contributed by atoms with Gasteiger partial charge in [0.25, 0.3) is 0 Å². The lowest BCUT2D eigenvalue weighted by Crippen LogP contribution is -2.32. The molecule has 0 amide bonds. The van der Waals surface area contributed by atoms with E-state index in [1.165, 1.54) is 27.9 Å². The van der Waals surface area contributed by atoms with E-state index < -0.39 is 0 Å². The van der Waals surface area contributed by atoms with Gasteiger partial charge in [-0.25, -0.2) is 0 Å². The van der Waals surface area contributed by atoms with Gasteiger partial charge in [0.1, 0.15) is 12.8 Å². The van der Waals surface area contributed by atoms with Crippen LogP contribution < -0.4 is 14.2 Å². The summed E-state index contributed by atoms with van der Waals surface area (Å²) in [6.45, 7) is 4.58. The number of likely N-dealkylation sites (N-methyl/N-ethyl adjacent to an activating group) is 1. The number of benzene rings is 2. The summed E-state index contributed by atoms with van der Waals surface area (Å²) in [5.74, 6) is 0.881. The molecule has 3 aromatic rings. The molecule has 2 aromatic carbocycles. The Morgan fingerprint density at radius 2 is 1.82 bits per heavy atom. The number of rotatable bonds is 3. The molecule has 0 aliphatic carbocycles. The van der Waals surface area contributed by atoms with Crippen molar-refractivity contribution in [2.75, 3.05) is 19.1 Å². The van der Waals surface area contributed by atoms with Crippen LogP contribution >= 0.6 is 0 Å². The highest BCUT2D eigenvalue weighted by Gasteiger charge is 2.37. The van der Waals surface area contributed by atoms with Crippen molar-refractivity contribution < 1.29 is 9.30 Å². The highest BCUT2D eigenvalue weighted by molar-refractivity contribution is 5.78. The molecule has 0 atom stereocenters. The van der Waals surface area contributed by atoms with Gasteiger partial charge in [-0.2, -0.15) is 4.57 Å². The molecule has 142 valence electrons. The van der Waals surface area contributed by atoms with Crippen LogP contribution in [0.1, 0.15) is 25.1 Å².